The third-order valence-corrected chi connectivity index (χ3v) is 3.56. The van der Waals surface area contributed by atoms with Gasteiger partial charge in [0.1, 0.15) is 6.10 Å². The van der Waals surface area contributed by atoms with Crippen molar-refractivity contribution < 1.29 is 19.0 Å². The van der Waals surface area contributed by atoms with Gasteiger partial charge in [0.2, 0.25) is 0 Å². The molecule has 1 rings (SSSR count). The molecule has 1 aliphatic rings. The van der Waals surface area contributed by atoms with Crippen molar-refractivity contribution in [2.45, 2.75) is 64.6 Å². The zero-order chi connectivity index (χ0) is 15.1. The van der Waals surface area contributed by atoms with E-state index in [0.717, 1.165) is 12.8 Å². The molecule has 0 aromatic heterocycles. The highest BCUT2D eigenvalue weighted by Gasteiger charge is 2.43. The van der Waals surface area contributed by atoms with Gasteiger partial charge in [0, 0.05) is 19.3 Å². The minimum Gasteiger partial charge on any atom is -0.460 e. The van der Waals surface area contributed by atoms with Crippen LogP contribution in [0.5, 0.6) is 0 Å². The Morgan fingerprint density at radius 1 is 1.50 bits per heavy atom. The maximum Gasteiger partial charge on any atom is 0.302 e. The molecule has 5 heteroatoms. The van der Waals surface area contributed by atoms with E-state index in [9.17, 15) is 4.79 Å². The highest BCUT2D eigenvalue weighted by atomic mass is 16.7. The number of nitrogens with two attached hydrogens (primary N) is 1. The summed E-state index contributed by atoms with van der Waals surface area (Å²) in [5.74, 6) is 2.27. The molecule has 0 saturated carbocycles. The summed E-state index contributed by atoms with van der Waals surface area (Å²) in [5, 5.41) is 0. The Hall–Kier alpha value is -1.09. The van der Waals surface area contributed by atoms with Crippen molar-refractivity contribution in [3.05, 3.63) is 0 Å². The van der Waals surface area contributed by atoms with Gasteiger partial charge in [0.05, 0.1) is 18.8 Å². The monoisotopic (exact) mass is 283 g/mol. The van der Waals surface area contributed by atoms with Crippen molar-refractivity contribution in [2.75, 3.05) is 6.61 Å². The molecule has 0 spiro atoms. The zero-order valence-corrected chi connectivity index (χ0v) is 12.5. The van der Waals surface area contributed by atoms with Gasteiger partial charge in [-0.25, -0.2) is 0 Å². The fourth-order valence-electron chi connectivity index (χ4n) is 2.47. The SMILES string of the molecule is C#CCCCO[C@H]1O[C@@H](CC)[C@@H](C)[C@@H](OC(C)=O)[C@@H]1N. The van der Waals surface area contributed by atoms with Crippen molar-refractivity contribution in [1.29, 1.82) is 0 Å². The van der Waals surface area contributed by atoms with Crippen LogP contribution >= 0.6 is 0 Å². The Kier molecular flexibility index (Phi) is 7.00. The lowest BCUT2D eigenvalue weighted by Crippen LogP contribution is -2.59. The van der Waals surface area contributed by atoms with Crippen LogP contribution < -0.4 is 5.73 Å². The summed E-state index contributed by atoms with van der Waals surface area (Å²) in [6, 6.07) is -0.484. The van der Waals surface area contributed by atoms with Crippen molar-refractivity contribution in [1.82, 2.24) is 0 Å². The second-order valence-corrected chi connectivity index (χ2v) is 5.14. The molecule has 0 amide bonds. The zero-order valence-electron chi connectivity index (χ0n) is 12.5. The van der Waals surface area contributed by atoms with Crippen molar-refractivity contribution >= 4 is 5.97 Å². The van der Waals surface area contributed by atoms with Crippen LogP contribution in [0.25, 0.3) is 0 Å². The average molecular weight is 283 g/mol. The van der Waals surface area contributed by atoms with E-state index in [0.29, 0.717) is 13.0 Å². The van der Waals surface area contributed by atoms with Gasteiger partial charge < -0.3 is 19.9 Å². The van der Waals surface area contributed by atoms with Crippen LogP contribution in [0.4, 0.5) is 0 Å². The Bertz CT molecular complexity index is 352. The van der Waals surface area contributed by atoms with Crippen LogP contribution in [0.15, 0.2) is 0 Å². The van der Waals surface area contributed by atoms with Crippen LogP contribution in [0, 0.1) is 18.3 Å². The number of esters is 1. The molecule has 0 bridgehead atoms. The second kappa shape index (κ2) is 8.25. The van der Waals surface area contributed by atoms with Crippen LogP contribution in [0.3, 0.4) is 0 Å². The van der Waals surface area contributed by atoms with Crippen LogP contribution in [-0.2, 0) is 19.0 Å². The Morgan fingerprint density at radius 2 is 2.20 bits per heavy atom. The minimum absolute atomic E-state index is 0.0308. The number of hydrogen-bond acceptors (Lipinski definition) is 5. The standard InChI is InChI=1S/C15H25NO4/c1-5-7-8-9-18-15-13(16)14(19-11(4)17)10(3)12(6-2)20-15/h1,10,12-15H,6-9,16H2,2-4H3/t10-,12+,13+,14-,15+/m1/s1. The maximum absolute atomic E-state index is 11.2. The highest BCUT2D eigenvalue weighted by Crippen LogP contribution is 2.29. The minimum atomic E-state index is -0.557. The molecule has 1 aliphatic heterocycles. The Labute approximate surface area is 121 Å². The van der Waals surface area contributed by atoms with Crippen molar-refractivity contribution in [3.63, 3.8) is 0 Å². The Balaban J connectivity index is 2.65. The number of terminal acetylenes is 1. The Morgan fingerprint density at radius 3 is 2.75 bits per heavy atom. The molecule has 1 saturated heterocycles. The van der Waals surface area contributed by atoms with E-state index in [-0.39, 0.29) is 24.1 Å². The summed E-state index contributed by atoms with van der Waals surface area (Å²) in [7, 11) is 0. The second-order valence-electron chi connectivity index (χ2n) is 5.14. The topological polar surface area (TPSA) is 70.8 Å². The molecule has 5 nitrogen and oxygen atoms in total. The molecular weight excluding hydrogens is 258 g/mol. The van der Waals surface area contributed by atoms with Gasteiger partial charge in [0.25, 0.3) is 0 Å². The molecule has 2 N–H and O–H groups in total. The van der Waals surface area contributed by atoms with Crippen LogP contribution in [0.2, 0.25) is 0 Å². The molecule has 0 unspecified atom stereocenters. The summed E-state index contributed by atoms with van der Waals surface area (Å²) in [4.78, 5) is 11.2. The first-order chi connectivity index (χ1) is 9.51. The van der Waals surface area contributed by atoms with E-state index in [1.807, 2.05) is 13.8 Å². The fraction of sp³-hybridized carbons (Fsp3) is 0.800. The maximum atomic E-state index is 11.2. The van der Waals surface area contributed by atoms with E-state index in [2.05, 4.69) is 5.92 Å². The van der Waals surface area contributed by atoms with Gasteiger partial charge in [-0.2, -0.15) is 0 Å². The van der Waals surface area contributed by atoms with Gasteiger partial charge in [-0.1, -0.05) is 13.8 Å². The number of hydrogen-bond donors (Lipinski definition) is 1. The lowest BCUT2D eigenvalue weighted by molar-refractivity contribution is -0.248. The number of rotatable bonds is 6. The summed E-state index contributed by atoms with van der Waals surface area (Å²) >= 11 is 0. The number of ether oxygens (including phenoxy) is 3. The predicted octanol–water partition coefficient (Wildman–Crippen LogP) is 1.45. The first-order valence-electron chi connectivity index (χ1n) is 7.14. The summed E-state index contributed by atoms with van der Waals surface area (Å²) in [6.45, 7) is 5.88. The average Bonchev–Trinajstić information content (AvgIpc) is 2.41. The van der Waals surface area contributed by atoms with Crippen LogP contribution in [-0.4, -0.2) is 37.1 Å². The first kappa shape index (κ1) is 17.0. The van der Waals surface area contributed by atoms with E-state index >= 15 is 0 Å². The van der Waals surface area contributed by atoms with E-state index < -0.39 is 12.3 Å². The van der Waals surface area contributed by atoms with E-state index in [1.54, 1.807) is 0 Å². The van der Waals surface area contributed by atoms with Crippen LogP contribution in [0.1, 0.15) is 40.0 Å². The predicted molar refractivity (Wildman–Crippen MR) is 75.7 cm³/mol. The summed E-state index contributed by atoms with van der Waals surface area (Å²) in [5.41, 5.74) is 6.13. The molecule has 0 aromatic rings. The molecule has 1 fully saturated rings. The van der Waals surface area contributed by atoms with Gasteiger partial charge in [-0.05, 0) is 12.8 Å². The van der Waals surface area contributed by atoms with Gasteiger partial charge in [-0.3, -0.25) is 4.79 Å². The number of carbonyl (C=O) groups excluding carboxylic acids is 1. The van der Waals surface area contributed by atoms with Gasteiger partial charge in [-0.15, -0.1) is 12.3 Å². The third kappa shape index (κ3) is 4.48. The smallest absolute Gasteiger partial charge is 0.302 e. The molecule has 0 aromatic carbocycles. The van der Waals surface area contributed by atoms with Crippen molar-refractivity contribution in [2.24, 2.45) is 11.7 Å². The largest absolute Gasteiger partial charge is 0.460 e. The molecule has 114 valence electrons. The van der Waals surface area contributed by atoms with E-state index in [1.165, 1.54) is 6.92 Å². The molecule has 5 atom stereocenters. The molecule has 0 aliphatic carbocycles. The number of unbranched alkanes of at least 4 members (excludes halogenated alkanes) is 1. The molecule has 0 radical (unpaired) electrons. The summed E-state index contributed by atoms with van der Waals surface area (Å²) < 4.78 is 16.9. The molecule has 1 heterocycles. The fourth-order valence-corrected chi connectivity index (χ4v) is 2.47. The van der Waals surface area contributed by atoms with E-state index in [4.69, 9.17) is 26.4 Å². The lowest BCUT2D eigenvalue weighted by Gasteiger charge is -2.43. The lowest BCUT2D eigenvalue weighted by atomic mass is 9.88. The van der Waals surface area contributed by atoms with Gasteiger partial charge >= 0.3 is 5.97 Å². The quantitative estimate of drug-likeness (QED) is 0.454. The van der Waals surface area contributed by atoms with Gasteiger partial charge in [0.15, 0.2) is 6.29 Å². The molecular formula is C15H25NO4. The summed E-state index contributed by atoms with van der Waals surface area (Å²) in [6.07, 6.45) is 6.45. The molecule has 20 heavy (non-hydrogen) atoms. The normalized spacial score (nSPS) is 33.5. The first-order valence-corrected chi connectivity index (χ1v) is 7.14. The number of carbonyl (C=O) groups is 1. The highest BCUT2D eigenvalue weighted by molar-refractivity contribution is 5.66. The third-order valence-electron chi connectivity index (χ3n) is 3.56. The van der Waals surface area contributed by atoms with Crippen molar-refractivity contribution in [3.8, 4) is 12.3 Å².